The number of nitrogens with one attached hydrogen (secondary N) is 3. The predicted octanol–water partition coefficient (Wildman–Crippen LogP) is 1.86. The number of rotatable bonds is 7. The number of hydrogen-bond acceptors (Lipinski definition) is 7. The lowest BCUT2D eigenvalue weighted by atomic mass is 10.3. The van der Waals surface area contributed by atoms with Gasteiger partial charge < -0.3 is 30.3 Å². The van der Waals surface area contributed by atoms with Crippen molar-refractivity contribution in [2.24, 2.45) is 0 Å². The minimum absolute atomic E-state index is 0.272. The maximum atomic E-state index is 12.0. The Kier molecular flexibility index (Phi) is 6.85. The van der Waals surface area contributed by atoms with Gasteiger partial charge in [-0.25, -0.2) is 9.78 Å². The third-order valence-electron chi connectivity index (χ3n) is 4.22. The Bertz CT molecular complexity index is 778. The normalized spacial score (nSPS) is 13.7. The summed E-state index contributed by atoms with van der Waals surface area (Å²) in [4.78, 5) is 23.1. The van der Waals surface area contributed by atoms with Crippen LogP contribution >= 0.6 is 0 Å². The van der Waals surface area contributed by atoms with E-state index in [1.165, 1.54) is 0 Å². The van der Waals surface area contributed by atoms with E-state index in [9.17, 15) is 4.79 Å². The van der Waals surface area contributed by atoms with Crippen LogP contribution in [0.15, 0.2) is 30.3 Å². The van der Waals surface area contributed by atoms with Crippen LogP contribution < -0.4 is 25.6 Å². The molecule has 2 amide bonds. The van der Waals surface area contributed by atoms with E-state index < -0.39 is 0 Å². The zero-order chi connectivity index (χ0) is 19.8. The number of aryl methyl sites for hydroxylation is 1. The second-order valence-electron chi connectivity index (χ2n) is 6.33. The van der Waals surface area contributed by atoms with Crippen molar-refractivity contribution in [3.8, 4) is 5.75 Å². The molecule has 1 fully saturated rings. The van der Waals surface area contributed by atoms with Crippen LogP contribution in [0.2, 0.25) is 0 Å². The molecule has 3 rings (SSSR count). The molecule has 1 aliphatic heterocycles. The van der Waals surface area contributed by atoms with E-state index in [2.05, 4.69) is 30.8 Å². The second kappa shape index (κ2) is 9.75. The molecule has 0 atom stereocenters. The van der Waals surface area contributed by atoms with Crippen LogP contribution in [0.3, 0.4) is 0 Å². The van der Waals surface area contributed by atoms with Crippen molar-refractivity contribution in [2.75, 3.05) is 62.0 Å². The Hall–Kier alpha value is -3.07. The van der Waals surface area contributed by atoms with Gasteiger partial charge in [0.1, 0.15) is 11.6 Å². The highest BCUT2D eigenvalue weighted by atomic mass is 16.5. The molecule has 2 heterocycles. The molecule has 1 saturated heterocycles. The lowest BCUT2D eigenvalue weighted by molar-refractivity contribution is 0.122. The molecule has 0 spiro atoms. The van der Waals surface area contributed by atoms with E-state index >= 15 is 0 Å². The summed E-state index contributed by atoms with van der Waals surface area (Å²) in [6.45, 7) is 5.95. The zero-order valence-corrected chi connectivity index (χ0v) is 16.2. The van der Waals surface area contributed by atoms with E-state index in [0.717, 1.165) is 30.4 Å². The van der Waals surface area contributed by atoms with Gasteiger partial charge in [-0.2, -0.15) is 4.98 Å². The van der Waals surface area contributed by atoms with Crippen LogP contribution in [0.4, 0.5) is 22.2 Å². The lowest BCUT2D eigenvalue weighted by Gasteiger charge is -2.28. The highest BCUT2D eigenvalue weighted by Gasteiger charge is 2.14. The number of ether oxygens (including phenoxy) is 2. The Morgan fingerprint density at radius 1 is 1.18 bits per heavy atom. The van der Waals surface area contributed by atoms with Crippen LogP contribution in [0, 0.1) is 6.92 Å². The number of carbonyl (C=O) groups is 1. The first kappa shape index (κ1) is 19.7. The van der Waals surface area contributed by atoms with Crippen molar-refractivity contribution in [3.63, 3.8) is 0 Å². The summed E-state index contributed by atoms with van der Waals surface area (Å²) >= 11 is 0. The molecule has 28 heavy (non-hydrogen) atoms. The fourth-order valence-electron chi connectivity index (χ4n) is 2.79. The number of amides is 2. The summed E-state index contributed by atoms with van der Waals surface area (Å²) in [5.41, 5.74) is 1.59. The van der Waals surface area contributed by atoms with E-state index in [4.69, 9.17) is 9.47 Å². The van der Waals surface area contributed by atoms with E-state index in [-0.39, 0.29) is 6.03 Å². The van der Waals surface area contributed by atoms with Gasteiger partial charge in [-0.1, -0.05) is 0 Å². The van der Waals surface area contributed by atoms with Crippen molar-refractivity contribution in [1.82, 2.24) is 15.3 Å². The number of nitrogens with zero attached hydrogens (tertiary/aromatic N) is 3. The molecule has 0 radical (unpaired) electrons. The number of anilines is 3. The van der Waals surface area contributed by atoms with Gasteiger partial charge in [0.05, 0.1) is 20.3 Å². The SMILES string of the molecule is COc1ccc(NC(=O)NCCNc2nc(C)cc(N3CCOCC3)n2)cc1. The highest BCUT2D eigenvalue weighted by Crippen LogP contribution is 2.16. The van der Waals surface area contributed by atoms with E-state index in [1.807, 2.05) is 13.0 Å². The van der Waals surface area contributed by atoms with Crippen molar-refractivity contribution < 1.29 is 14.3 Å². The molecule has 1 aromatic carbocycles. The summed E-state index contributed by atoms with van der Waals surface area (Å²) < 4.78 is 10.5. The Morgan fingerprint density at radius 3 is 2.64 bits per heavy atom. The largest absolute Gasteiger partial charge is 0.497 e. The number of methoxy groups -OCH3 is 1. The van der Waals surface area contributed by atoms with Crippen LogP contribution in [0.5, 0.6) is 5.75 Å². The number of morpholine rings is 1. The Morgan fingerprint density at radius 2 is 1.93 bits per heavy atom. The third kappa shape index (κ3) is 5.71. The average Bonchev–Trinajstić information content (AvgIpc) is 2.72. The Labute approximate surface area is 164 Å². The first-order valence-corrected chi connectivity index (χ1v) is 9.25. The minimum atomic E-state index is -0.272. The van der Waals surface area contributed by atoms with E-state index in [0.29, 0.717) is 37.9 Å². The standard InChI is InChI=1S/C19H26N6O3/c1-14-13-17(25-9-11-28-12-10-25)24-18(22-14)20-7-8-21-19(26)23-15-3-5-16(27-2)6-4-15/h3-6,13H,7-12H2,1-2H3,(H,20,22,24)(H2,21,23,26). The second-order valence-corrected chi connectivity index (χ2v) is 6.33. The summed E-state index contributed by atoms with van der Waals surface area (Å²) in [7, 11) is 1.60. The van der Waals surface area contributed by atoms with Crippen molar-refractivity contribution >= 4 is 23.5 Å². The number of carbonyl (C=O) groups excluding carboxylic acids is 1. The van der Waals surface area contributed by atoms with Gasteiger partial charge >= 0.3 is 6.03 Å². The molecule has 0 unspecified atom stereocenters. The van der Waals surface area contributed by atoms with Crippen LogP contribution in [0.1, 0.15) is 5.69 Å². The molecule has 150 valence electrons. The minimum Gasteiger partial charge on any atom is -0.497 e. The van der Waals surface area contributed by atoms with Gasteiger partial charge in [-0.05, 0) is 31.2 Å². The van der Waals surface area contributed by atoms with Gasteiger partial charge in [0.25, 0.3) is 0 Å². The molecule has 3 N–H and O–H groups in total. The van der Waals surface area contributed by atoms with Crippen molar-refractivity contribution in [3.05, 3.63) is 36.0 Å². The van der Waals surface area contributed by atoms with Crippen LogP contribution in [-0.4, -0.2) is 62.5 Å². The zero-order valence-electron chi connectivity index (χ0n) is 16.2. The smallest absolute Gasteiger partial charge is 0.319 e. The lowest BCUT2D eigenvalue weighted by Crippen LogP contribution is -2.37. The third-order valence-corrected chi connectivity index (χ3v) is 4.22. The fourth-order valence-corrected chi connectivity index (χ4v) is 2.79. The van der Waals surface area contributed by atoms with E-state index in [1.54, 1.807) is 31.4 Å². The fraction of sp³-hybridized carbons (Fsp3) is 0.421. The molecule has 0 aliphatic carbocycles. The molecule has 0 bridgehead atoms. The molecule has 0 saturated carbocycles. The van der Waals surface area contributed by atoms with Gasteiger partial charge in [-0.3, -0.25) is 0 Å². The summed E-state index contributed by atoms with van der Waals surface area (Å²) in [5.74, 6) is 2.19. The summed E-state index contributed by atoms with van der Waals surface area (Å²) in [5, 5.41) is 8.73. The molecule has 1 aliphatic rings. The molecule has 1 aromatic heterocycles. The van der Waals surface area contributed by atoms with Crippen LogP contribution in [0.25, 0.3) is 0 Å². The summed E-state index contributed by atoms with van der Waals surface area (Å²) in [6, 6.07) is 8.84. The van der Waals surface area contributed by atoms with Gasteiger partial charge in [0.15, 0.2) is 0 Å². The monoisotopic (exact) mass is 386 g/mol. The summed E-state index contributed by atoms with van der Waals surface area (Å²) in [6.07, 6.45) is 0. The van der Waals surface area contributed by atoms with Gasteiger partial charge in [0, 0.05) is 43.6 Å². The highest BCUT2D eigenvalue weighted by molar-refractivity contribution is 5.89. The average molecular weight is 386 g/mol. The molecular weight excluding hydrogens is 360 g/mol. The van der Waals surface area contributed by atoms with Gasteiger partial charge in [0.2, 0.25) is 5.95 Å². The maximum Gasteiger partial charge on any atom is 0.319 e. The predicted molar refractivity (Wildman–Crippen MR) is 108 cm³/mol. The number of aromatic nitrogens is 2. The topological polar surface area (TPSA) is 101 Å². The Balaban J connectivity index is 1.44. The number of benzene rings is 1. The first-order valence-electron chi connectivity index (χ1n) is 9.25. The van der Waals surface area contributed by atoms with Crippen LogP contribution in [-0.2, 0) is 4.74 Å². The number of urea groups is 1. The van der Waals surface area contributed by atoms with Gasteiger partial charge in [-0.15, -0.1) is 0 Å². The van der Waals surface area contributed by atoms with Crippen molar-refractivity contribution in [1.29, 1.82) is 0 Å². The number of hydrogen-bond donors (Lipinski definition) is 3. The maximum absolute atomic E-state index is 12.0. The first-order chi connectivity index (χ1) is 13.6. The molecule has 2 aromatic rings. The molecule has 9 nitrogen and oxygen atoms in total. The van der Waals surface area contributed by atoms with Crippen molar-refractivity contribution in [2.45, 2.75) is 6.92 Å². The molecule has 9 heteroatoms. The quantitative estimate of drug-likeness (QED) is 0.625. The molecular formula is C19H26N6O3.